The molecule has 0 saturated carbocycles. The molecule has 0 amide bonds. The van der Waals surface area contributed by atoms with E-state index >= 15 is 0 Å². The number of hydrogen-bond donors (Lipinski definition) is 0. The van der Waals surface area contributed by atoms with Crippen molar-refractivity contribution in [3.8, 4) is 0 Å². The van der Waals surface area contributed by atoms with E-state index in [-0.39, 0.29) is 0 Å². The van der Waals surface area contributed by atoms with Gasteiger partial charge in [-0.25, -0.2) is 4.98 Å². The average molecular weight is 248 g/mol. The average Bonchev–Trinajstić information content (AvgIpc) is 2.59. The number of nitrogens with zero attached hydrogens (tertiary/aromatic N) is 1. The molecule has 68 valence electrons. The van der Waals surface area contributed by atoms with Crippen molar-refractivity contribution in [1.82, 2.24) is 4.98 Å². The number of rotatable bonds is 0. The van der Waals surface area contributed by atoms with E-state index in [2.05, 4.69) is 27.0 Å². The Morgan fingerprint density at radius 1 is 1.07 bits per heavy atom. The van der Waals surface area contributed by atoms with Gasteiger partial charge in [0.1, 0.15) is 5.52 Å². The van der Waals surface area contributed by atoms with Gasteiger partial charge in [-0.3, -0.25) is 0 Å². The van der Waals surface area contributed by atoms with Crippen LogP contribution >= 0.6 is 15.9 Å². The summed E-state index contributed by atoms with van der Waals surface area (Å²) in [4.78, 5) is 4.82. The predicted octanol–water partition coefficient (Wildman–Crippen LogP) is 3.74. The smallest absolute Gasteiger partial charge is 0.265 e. The van der Waals surface area contributed by atoms with Crippen molar-refractivity contribution in [2.24, 2.45) is 0 Å². The SMILES string of the molecule is Brc1nc2c(ccc3ccccc32)o1. The van der Waals surface area contributed by atoms with Gasteiger partial charge in [0.05, 0.1) is 0 Å². The minimum absolute atomic E-state index is 0.531. The lowest BCUT2D eigenvalue weighted by Gasteiger charge is -1.95. The quantitative estimate of drug-likeness (QED) is 0.605. The molecule has 3 aromatic rings. The van der Waals surface area contributed by atoms with Crippen molar-refractivity contribution in [3.05, 3.63) is 41.2 Å². The zero-order chi connectivity index (χ0) is 9.54. The van der Waals surface area contributed by atoms with Gasteiger partial charge < -0.3 is 4.42 Å². The van der Waals surface area contributed by atoms with Gasteiger partial charge in [0.25, 0.3) is 4.80 Å². The van der Waals surface area contributed by atoms with E-state index in [4.69, 9.17) is 4.42 Å². The minimum atomic E-state index is 0.531. The zero-order valence-electron chi connectivity index (χ0n) is 7.20. The molecule has 0 aliphatic heterocycles. The topological polar surface area (TPSA) is 26.0 Å². The first-order valence-corrected chi connectivity index (χ1v) is 5.08. The number of oxazole rings is 1. The van der Waals surface area contributed by atoms with Gasteiger partial charge >= 0.3 is 0 Å². The molecule has 3 rings (SSSR count). The lowest BCUT2D eigenvalue weighted by molar-refractivity contribution is 0.570. The molecule has 2 aromatic carbocycles. The summed E-state index contributed by atoms with van der Waals surface area (Å²) >= 11 is 3.23. The summed E-state index contributed by atoms with van der Waals surface area (Å²) in [6.07, 6.45) is 0. The molecule has 0 unspecified atom stereocenters. The van der Waals surface area contributed by atoms with Gasteiger partial charge in [-0.15, -0.1) is 0 Å². The maximum absolute atomic E-state index is 5.38. The molecule has 0 fully saturated rings. The number of halogens is 1. The van der Waals surface area contributed by atoms with Crippen LogP contribution in [0.5, 0.6) is 0 Å². The Labute approximate surface area is 88.7 Å². The van der Waals surface area contributed by atoms with Crippen molar-refractivity contribution in [2.75, 3.05) is 0 Å². The summed E-state index contributed by atoms with van der Waals surface area (Å²) in [7, 11) is 0. The molecule has 0 N–H and O–H groups in total. The van der Waals surface area contributed by atoms with Crippen LogP contribution in [0.2, 0.25) is 0 Å². The van der Waals surface area contributed by atoms with Gasteiger partial charge in [-0.1, -0.05) is 30.3 Å². The number of aromatic nitrogens is 1. The lowest BCUT2D eigenvalue weighted by atomic mass is 10.1. The second-order valence-electron chi connectivity index (χ2n) is 3.10. The molecule has 0 spiro atoms. The van der Waals surface area contributed by atoms with Crippen molar-refractivity contribution in [1.29, 1.82) is 0 Å². The fourth-order valence-corrected chi connectivity index (χ4v) is 1.99. The van der Waals surface area contributed by atoms with E-state index in [0.717, 1.165) is 16.5 Å². The third-order valence-electron chi connectivity index (χ3n) is 2.26. The Bertz CT molecular complexity index is 615. The Morgan fingerprint density at radius 3 is 2.86 bits per heavy atom. The van der Waals surface area contributed by atoms with Crippen LogP contribution in [0.25, 0.3) is 21.9 Å². The molecule has 0 atom stereocenters. The first-order valence-electron chi connectivity index (χ1n) is 4.28. The van der Waals surface area contributed by atoms with E-state index in [1.165, 1.54) is 5.39 Å². The monoisotopic (exact) mass is 247 g/mol. The van der Waals surface area contributed by atoms with Crippen molar-refractivity contribution in [2.45, 2.75) is 0 Å². The summed E-state index contributed by atoms with van der Waals surface area (Å²) in [5.41, 5.74) is 1.73. The number of fused-ring (bicyclic) bond motifs is 3. The predicted molar refractivity (Wildman–Crippen MR) is 59.2 cm³/mol. The van der Waals surface area contributed by atoms with Crippen LogP contribution in [-0.4, -0.2) is 4.98 Å². The highest BCUT2D eigenvalue weighted by atomic mass is 79.9. The van der Waals surface area contributed by atoms with Gasteiger partial charge in [0, 0.05) is 21.3 Å². The largest absolute Gasteiger partial charge is 0.431 e. The van der Waals surface area contributed by atoms with E-state index in [9.17, 15) is 0 Å². The Kier molecular flexibility index (Phi) is 1.61. The highest BCUT2D eigenvalue weighted by Crippen LogP contribution is 2.26. The highest BCUT2D eigenvalue weighted by Gasteiger charge is 2.05. The highest BCUT2D eigenvalue weighted by molar-refractivity contribution is 9.10. The molecule has 0 bridgehead atoms. The van der Waals surface area contributed by atoms with E-state index in [1.807, 2.05) is 30.3 Å². The molecule has 1 aromatic heterocycles. The fraction of sp³-hybridized carbons (Fsp3) is 0. The maximum atomic E-state index is 5.38. The van der Waals surface area contributed by atoms with Crippen LogP contribution in [0.3, 0.4) is 0 Å². The third-order valence-corrected chi connectivity index (χ3v) is 2.60. The first kappa shape index (κ1) is 8.00. The van der Waals surface area contributed by atoms with Crippen LogP contribution in [0.4, 0.5) is 0 Å². The van der Waals surface area contributed by atoms with Crippen LogP contribution < -0.4 is 0 Å². The molecule has 0 aliphatic carbocycles. The maximum Gasteiger partial charge on any atom is 0.265 e. The summed E-state index contributed by atoms with van der Waals surface area (Å²) in [5, 5.41) is 2.31. The fourth-order valence-electron chi connectivity index (χ4n) is 1.63. The molecular weight excluding hydrogens is 242 g/mol. The molecular formula is C11H6BrNO. The molecule has 2 nitrogen and oxygen atoms in total. The number of benzene rings is 2. The summed E-state index contributed by atoms with van der Waals surface area (Å²) in [6, 6.07) is 12.1. The van der Waals surface area contributed by atoms with Crippen LogP contribution in [0.1, 0.15) is 0 Å². The normalized spacial score (nSPS) is 11.2. The van der Waals surface area contributed by atoms with Crippen molar-refractivity contribution in [3.63, 3.8) is 0 Å². The van der Waals surface area contributed by atoms with Crippen LogP contribution in [-0.2, 0) is 0 Å². The van der Waals surface area contributed by atoms with E-state index < -0.39 is 0 Å². The van der Waals surface area contributed by atoms with Gasteiger partial charge in [-0.2, -0.15) is 0 Å². The second kappa shape index (κ2) is 2.82. The molecule has 0 saturated heterocycles. The number of hydrogen-bond acceptors (Lipinski definition) is 2. The summed E-state index contributed by atoms with van der Waals surface area (Å²) in [6.45, 7) is 0. The second-order valence-corrected chi connectivity index (χ2v) is 3.78. The van der Waals surface area contributed by atoms with Gasteiger partial charge in [0.15, 0.2) is 5.58 Å². The van der Waals surface area contributed by atoms with E-state index in [0.29, 0.717) is 4.80 Å². The first-order chi connectivity index (χ1) is 6.84. The Balaban J connectivity index is 2.60. The zero-order valence-corrected chi connectivity index (χ0v) is 8.78. The Morgan fingerprint density at radius 2 is 1.93 bits per heavy atom. The molecule has 3 heteroatoms. The molecule has 0 radical (unpaired) electrons. The van der Waals surface area contributed by atoms with Crippen molar-refractivity contribution < 1.29 is 4.42 Å². The van der Waals surface area contributed by atoms with Crippen molar-refractivity contribution >= 4 is 37.8 Å². The van der Waals surface area contributed by atoms with Crippen LogP contribution in [0, 0.1) is 0 Å². The van der Waals surface area contributed by atoms with Gasteiger partial charge in [-0.05, 0) is 11.5 Å². The summed E-state index contributed by atoms with van der Waals surface area (Å²) in [5.74, 6) is 0. The lowest BCUT2D eigenvalue weighted by Crippen LogP contribution is -1.73. The Hall–Kier alpha value is -1.35. The minimum Gasteiger partial charge on any atom is -0.431 e. The van der Waals surface area contributed by atoms with Gasteiger partial charge in [0.2, 0.25) is 0 Å². The molecule has 0 aliphatic rings. The summed E-state index contributed by atoms with van der Waals surface area (Å²) < 4.78 is 5.38. The van der Waals surface area contributed by atoms with Crippen LogP contribution in [0.15, 0.2) is 45.6 Å². The standard InChI is InChI=1S/C11H6BrNO/c12-11-13-10-8-4-2-1-3-7(8)5-6-9(10)14-11/h1-6H. The van der Waals surface area contributed by atoms with E-state index in [1.54, 1.807) is 0 Å². The third kappa shape index (κ3) is 1.06. The molecule has 14 heavy (non-hydrogen) atoms. The molecule has 1 heterocycles.